The first-order chi connectivity index (χ1) is 22.4. The maximum atomic E-state index is 15.9. The van der Waals surface area contributed by atoms with E-state index < -0.39 is 136 Å². The summed E-state index contributed by atoms with van der Waals surface area (Å²) in [5.41, 5.74) is -12.0. The van der Waals surface area contributed by atoms with Gasteiger partial charge in [0.05, 0.1) is 26.4 Å². The van der Waals surface area contributed by atoms with Crippen LogP contribution in [0.1, 0.15) is 0 Å². The van der Waals surface area contributed by atoms with Crippen molar-refractivity contribution < 1.29 is 84.7 Å². The molecule has 4 aromatic rings. The fourth-order valence-corrected chi connectivity index (χ4v) is 4.61. The Balaban J connectivity index is 2.62. The molecule has 22 heteroatoms. The van der Waals surface area contributed by atoms with Crippen molar-refractivity contribution in [2.75, 3.05) is 0 Å². The second-order valence-corrected chi connectivity index (χ2v) is 9.21. The Morgan fingerprint density at radius 3 is 0.878 bits per heavy atom. The maximum Gasteiger partial charge on any atom is 0.455 e. The number of carbonyl (C=O) groups excluding carboxylic acids is 3. The highest BCUT2D eigenvalue weighted by Crippen LogP contribution is 2.39. The van der Waals surface area contributed by atoms with Gasteiger partial charge in [-0.2, -0.15) is 55.3 Å². The van der Waals surface area contributed by atoms with Gasteiger partial charge in [0.1, 0.15) is 58.2 Å². The molecule has 3 aromatic carbocycles. The molecule has 0 aliphatic heterocycles. The van der Waals surface area contributed by atoms with E-state index in [2.05, 4.69) is 4.42 Å². The number of nitrogens with zero attached hydrogens (tertiary/aromatic N) is 3. The number of halogens is 15. The van der Waals surface area contributed by atoms with Crippen LogP contribution in [-0.2, 0) is 14.4 Å². The lowest BCUT2D eigenvalue weighted by Crippen LogP contribution is -2.29. The minimum absolute atomic E-state index is 0.426. The molecule has 1 heterocycles. The predicted octanol–water partition coefficient (Wildman–Crippen LogP) is 4.71. The maximum absolute atomic E-state index is 15.9. The molecule has 0 amide bonds. The van der Waals surface area contributed by atoms with Crippen molar-refractivity contribution in [3.05, 3.63) is 50.6 Å². The van der Waals surface area contributed by atoms with Gasteiger partial charge in [0.15, 0.2) is 22.8 Å². The van der Waals surface area contributed by atoms with Crippen molar-refractivity contribution in [2.24, 2.45) is 0 Å². The van der Waals surface area contributed by atoms with Crippen LogP contribution in [0.4, 0.5) is 65.9 Å². The Morgan fingerprint density at radius 1 is 0.429 bits per heavy atom. The largest absolute Gasteiger partial charge is 0.455 e. The van der Waals surface area contributed by atoms with Crippen molar-refractivity contribution in [1.29, 1.82) is 15.8 Å². The van der Waals surface area contributed by atoms with Crippen LogP contribution in [0.5, 0.6) is 0 Å². The minimum atomic E-state index is -6.14. The lowest BCUT2D eigenvalue weighted by molar-refractivity contribution is -0.164. The van der Waals surface area contributed by atoms with E-state index in [1.54, 1.807) is 0 Å². The van der Waals surface area contributed by atoms with Crippen molar-refractivity contribution in [3.63, 3.8) is 0 Å². The summed E-state index contributed by atoms with van der Waals surface area (Å²) in [6, 6.07) is 1.32. The van der Waals surface area contributed by atoms with Crippen molar-refractivity contribution in [2.45, 2.75) is 18.5 Å². The van der Waals surface area contributed by atoms with E-state index in [-0.39, 0.29) is 0 Å². The second kappa shape index (κ2) is 11.3. The number of hydrogen-bond acceptors (Lipinski definition) is 7. The lowest BCUT2D eigenvalue weighted by atomic mass is 10.1. The number of Topliss-reactive ketones (excluding diaryl/α,β-unsaturated/α-hetero) is 3. The van der Waals surface area contributed by atoms with Gasteiger partial charge in [-0.3, -0.25) is 14.4 Å². The third-order valence-electron chi connectivity index (χ3n) is 6.54. The summed E-state index contributed by atoms with van der Waals surface area (Å²) in [7, 11) is 0. The average molecular weight is 715 g/mol. The molecule has 252 valence electrons. The van der Waals surface area contributed by atoms with E-state index in [0.717, 1.165) is 0 Å². The fourth-order valence-electron chi connectivity index (χ4n) is 4.61. The van der Waals surface area contributed by atoms with Gasteiger partial charge in [0.2, 0.25) is 0 Å². The molecule has 0 aliphatic rings. The Kier molecular flexibility index (Phi) is 8.21. The van der Waals surface area contributed by atoms with E-state index in [4.69, 9.17) is 15.8 Å². The first kappa shape index (κ1) is 35.7. The summed E-state index contributed by atoms with van der Waals surface area (Å²) in [5, 5.41) is 11.4. The standard InChI is InChI=1S/C27F15N3O4/c28-14-7(4(1-43)22(46)25(34,35)36)15(29)11-10(14)12-16(30)8(5(2-44)23(47)26(37,38)39)18(32)20(12)49-21-13(11)17(31)9(19(21)33)6(3-45)24(48)27(40,41)42/b7-4-,8-5+,9-6-. The molecule has 0 fully saturated rings. The highest BCUT2D eigenvalue weighted by molar-refractivity contribution is 6.26. The summed E-state index contributed by atoms with van der Waals surface area (Å²) in [4.78, 5) is 35.4. The molecule has 7 nitrogen and oxygen atoms in total. The molecule has 0 saturated heterocycles. The monoisotopic (exact) mass is 715 g/mol. The summed E-state index contributed by atoms with van der Waals surface area (Å²) in [5.74, 6) is -26.4. The van der Waals surface area contributed by atoms with Crippen LogP contribution in [0.15, 0.2) is 4.42 Å². The zero-order valence-corrected chi connectivity index (χ0v) is 22.1. The molecule has 0 bridgehead atoms. The number of ketones is 3. The van der Waals surface area contributed by atoms with E-state index in [9.17, 15) is 53.9 Å². The Labute approximate surface area is 255 Å². The van der Waals surface area contributed by atoms with Gasteiger partial charge in [-0.25, -0.2) is 26.3 Å². The van der Waals surface area contributed by atoms with E-state index in [1.807, 2.05) is 0 Å². The molecular weight excluding hydrogens is 715 g/mol. The quantitative estimate of drug-likeness (QED) is 0.281. The van der Waals surface area contributed by atoms with Crippen LogP contribution in [0.2, 0.25) is 0 Å². The van der Waals surface area contributed by atoms with E-state index in [1.165, 1.54) is 0 Å². The normalized spacial score (nSPS) is 14.4. The third kappa shape index (κ3) is 5.14. The topological polar surface area (TPSA) is 136 Å². The molecule has 4 rings (SSSR count). The summed E-state index contributed by atoms with van der Waals surface area (Å²) >= 11 is 0. The van der Waals surface area contributed by atoms with Crippen LogP contribution in [-0.4, -0.2) is 35.9 Å². The second-order valence-electron chi connectivity index (χ2n) is 9.21. The van der Waals surface area contributed by atoms with Gasteiger partial charge < -0.3 is 4.42 Å². The van der Waals surface area contributed by atoms with Crippen molar-refractivity contribution in [3.8, 4) is 18.2 Å². The molecule has 0 N–H and O–H groups in total. The minimum Gasteiger partial charge on any atom is -0.450 e. The number of fused-ring (bicyclic) bond motifs is 5. The van der Waals surface area contributed by atoms with Crippen molar-refractivity contribution >= 4 is 66.8 Å². The number of carbonyl (C=O) groups is 3. The Bertz CT molecular complexity index is 2410. The highest BCUT2D eigenvalue weighted by Gasteiger charge is 2.45. The smallest absolute Gasteiger partial charge is 0.450 e. The van der Waals surface area contributed by atoms with Gasteiger partial charge in [-0.1, -0.05) is 0 Å². The number of hydrogen-bond donors (Lipinski definition) is 0. The summed E-state index contributed by atoms with van der Waals surface area (Å²) in [6.45, 7) is 0. The first-order valence-electron chi connectivity index (χ1n) is 11.8. The van der Waals surface area contributed by atoms with Gasteiger partial charge in [-0.15, -0.1) is 0 Å². The number of rotatable bonds is 3. The average Bonchev–Trinajstić information content (AvgIpc) is 3.40. The Morgan fingerprint density at radius 2 is 0.653 bits per heavy atom. The van der Waals surface area contributed by atoms with E-state index in [0.29, 0.717) is 18.2 Å². The van der Waals surface area contributed by atoms with Crippen LogP contribution in [0.3, 0.4) is 0 Å². The van der Waals surface area contributed by atoms with Gasteiger partial charge >= 0.3 is 18.5 Å². The molecule has 0 spiro atoms. The summed E-state index contributed by atoms with van der Waals surface area (Å²) in [6.07, 6.45) is -18.3. The summed E-state index contributed by atoms with van der Waals surface area (Å²) < 4.78 is 217. The molecule has 0 atom stereocenters. The van der Waals surface area contributed by atoms with E-state index >= 15 is 26.3 Å². The molecule has 0 aliphatic carbocycles. The molecular formula is C27F15N3O4. The molecule has 1 aromatic heterocycles. The number of nitriles is 3. The number of alkyl halides is 9. The zero-order valence-electron chi connectivity index (χ0n) is 22.1. The van der Waals surface area contributed by atoms with Crippen LogP contribution in [0.25, 0.3) is 49.4 Å². The zero-order chi connectivity index (χ0) is 37.5. The predicted molar refractivity (Wildman–Crippen MR) is 126 cm³/mol. The van der Waals surface area contributed by atoms with Crippen molar-refractivity contribution in [1.82, 2.24) is 0 Å². The van der Waals surface area contributed by atoms with Crippen LogP contribution < -0.4 is 15.7 Å². The van der Waals surface area contributed by atoms with Gasteiger partial charge in [0, 0.05) is 10.8 Å². The van der Waals surface area contributed by atoms with Crippen LogP contribution in [0, 0.1) is 68.9 Å². The SMILES string of the molecule is N#C/C(C(=O)C(F)(F)F)=c1/c(F)c2oc3c(F)/c(=C(\C#N)C(=O)C(F)(F)F)c(F)c3c3c(F)/c(=C(\C#N)C(=O)C(F)(F)F)c(F)c3c2c1F. The molecule has 49 heavy (non-hydrogen) atoms. The third-order valence-corrected chi connectivity index (χ3v) is 6.54. The van der Waals surface area contributed by atoms with Gasteiger partial charge in [-0.05, 0) is 0 Å². The fraction of sp³-hybridized carbons (Fsp3) is 0.111. The molecule has 0 saturated carbocycles. The first-order valence-corrected chi connectivity index (χ1v) is 11.8. The molecule has 0 radical (unpaired) electrons. The molecule has 0 unspecified atom stereocenters. The van der Waals surface area contributed by atoms with Gasteiger partial charge in [0.25, 0.3) is 17.3 Å². The lowest BCUT2D eigenvalue weighted by Gasteiger charge is -2.02. The Hall–Kier alpha value is -6.11. The van der Waals surface area contributed by atoms with Crippen LogP contribution >= 0.6 is 0 Å². The highest BCUT2D eigenvalue weighted by atomic mass is 19.4.